The average Bonchev–Trinajstić information content (AvgIpc) is 2.77. The molecule has 2 aromatic rings. The van der Waals surface area contributed by atoms with E-state index < -0.39 is 0 Å². The van der Waals surface area contributed by atoms with E-state index in [1.54, 1.807) is 0 Å². The highest BCUT2D eigenvalue weighted by Crippen LogP contribution is 2.31. The number of nitrogen functional groups attached to an aromatic ring is 1. The molecule has 92 valence electrons. The zero-order valence-electron chi connectivity index (χ0n) is 10.2. The van der Waals surface area contributed by atoms with Gasteiger partial charge in [-0.25, -0.2) is 4.98 Å². The summed E-state index contributed by atoms with van der Waals surface area (Å²) in [6.45, 7) is 2.00. The molecule has 0 aliphatic rings. The van der Waals surface area contributed by atoms with Gasteiger partial charge in [-0.1, -0.05) is 41.2 Å². The molecule has 0 radical (unpaired) electrons. The van der Waals surface area contributed by atoms with Crippen LogP contribution < -0.4 is 5.73 Å². The van der Waals surface area contributed by atoms with Gasteiger partial charge in [-0.05, 0) is 13.0 Å². The lowest BCUT2D eigenvalue weighted by molar-refractivity contribution is 1.39. The van der Waals surface area contributed by atoms with Crippen LogP contribution >= 0.6 is 11.3 Å². The molecule has 0 aliphatic carbocycles. The fourth-order valence-corrected chi connectivity index (χ4v) is 2.39. The number of nitriles is 2. The first kappa shape index (κ1) is 12.8. The van der Waals surface area contributed by atoms with Crippen molar-refractivity contribution in [2.75, 3.05) is 5.73 Å². The Bertz CT molecular complexity index is 695. The Morgan fingerprint density at radius 1 is 1.26 bits per heavy atom. The topological polar surface area (TPSA) is 86.5 Å². The number of rotatable bonds is 2. The molecule has 19 heavy (non-hydrogen) atoms. The van der Waals surface area contributed by atoms with Crippen molar-refractivity contribution in [3.05, 3.63) is 40.3 Å². The third-order valence-electron chi connectivity index (χ3n) is 2.51. The molecule has 1 aromatic heterocycles. The fraction of sp³-hybridized carbons (Fsp3) is 0.0714. The van der Waals surface area contributed by atoms with Crippen molar-refractivity contribution >= 4 is 22.5 Å². The molecule has 2 N–H and O–H groups in total. The third-order valence-corrected chi connectivity index (χ3v) is 3.34. The van der Waals surface area contributed by atoms with Crippen molar-refractivity contribution in [3.8, 4) is 23.4 Å². The van der Waals surface area contributed by atoms with Gasteiger partial charge in [0.1, 0.15) is 17.7 Å². The lowest BCUT2D eigenvalue weighted by atomic mass is 10.1. The van der Waals surface area contributed by atoms with Gasteiger partial charge >= 0.3 is 0 Å². The van der Waals surface area contributed by atoms with Gasteiger partial charge in [-0.15, -0.1) is 0 Å². The van der Waals surface area contributed by atoms with E-state index in [9.17, 15) is 0 Å². The summed E-state index contributed by atoms with van der Waals surface area (Å²) in [5.74, 6) is 0. The van der Waals surface area contributed by atoms with E-state index in [4.69, 9.17) is 16.3 Å². The Labute approximate surface area is 115 Å². The monoisotopic (exact) mass is 266 g/mol. The predicted molar refractivity (Wildman–Crippen MR) is 75.9 cm³/mol. The maximum atomic E-state index is 8.80. The minimum absolute atomic E-state index is 0.0389. The molecule has 0 aliphatic heterocycles. The normalized spacial score (nSPS) is 9.42. The number of aryl methyl sites for hydroxylation is 1. The Morgan fingerprint density at radius 3 is 2.47 bits per heavy atom. The Morgan fingerprint density at radius 2 is 1.89 bits per heavy atom. The third kappa shape index (κ3) is 2.79. The first-order valence-corrected chi connectivity index (χ1v) is 6.31. The van der Waals surface area contributed by atoms with Crippen LogP contribution in [-0.2, 0) is 0 Å². The second-order valence-corrected chi connectivity index (χ2v) is 4.97. The summed E-state index contributed by atoms with van der Waals surface area (Å²) in [6, 6.07) is 11.5. The summed E-state index contributed by atoms with van der Waals surface area (Å²) < 4.78 is 0. The Kier molecular flexibility index (Phi) is 3.61. The van der Waals surface area contributed by atoms with Crippen molar-refractivity contribution in [3.63, 3.8) is 0 Å². The zero-order valence-corrected chi connectivity index (χ0v) is 11.0. The van der Waals surface area contributed by atoms with E-state index in [2.05, 4.69) is 4.98 Å². The molecular formula is C14H10N4S. The largest absolute Gasteiger partial charge is 0.375 e. The standard InChI is InChI=1S/C14H10N4S/c1-9-2-4-11(5-3-9)13-12(19-14(17)18-13)6-10(7-15)8-16/h2-6H,1H3,(H2,17,18). The molecule has 0 atom stereocenters. The van der Waals surface area contributed by atoms with Crippen LogP contribution in [0.15, 0.2) is 29.8 Å². The highest BCUT2D eigenvalue weighted by molar-refractivity contribution is 7.16. The SMILES string of the molecule is Cc1ccc(-c2nc(N)sc2C=C(C#N)C#N)cc1. The van der Waals surface area contributed by atoms with E-state index in [1.165, 1.54) is 17.4 Å². The summed E-state index contributed by atoms with van der Waals surface area (Å²) >= 11 is 1.26. The second-order valence-electron chi connectivity index (χ2n) is 3.91. The van der Waals surface area contributed by atoms with Crippen molar-refractivity contribution in [2.45, 2.75) is 6.92 Å². The number of anilines is 1. The minimum Gasteiger partial charge on any atom is -0.375 e. The molecule has 0 spiro atoms. The number of thiazole rings is 1. The first-order chi connectivity index (χ1) is 9.13. The summed E-state index contributed by atoms with van der Waals surface area (Å²) in [5.41, 5.74) is 8.52. The molecule has 1 heterocycles. The number of hydrogen-bond acceptors (Lipinski definition) is 5. The van der Waals surface area contributed by atoms with Gasteiger partial charge in [0, 0.05) is 5.56 Å². The highest BCUT2D eigenvalue weighted by atomic mass is 32.1. The number of benzene rings is 1. The fourth-order valence-electron chi connectivity index (χ4n) is 1.59. The first-order valence-electron chi connectivity index (χ1n) is 5.49. The predicted octanol–water partition coefficient (Wildman–Crippen LogP) is 3.13. The van der Waals surface area contributed by atoms with E-state index in [-0.39, 0.29) is 5.57 Å². The molecular weight excluding hydrogens is 256 g/mol. The van der Waals surface area contributed by atoms with Gasteiger partial charge in [-0.2, -0.15) is 10.5 Å². The summed E-state index contributed by atoms with van der Waals surface area (Å²) in [6.07, 6.45) is 1.52. The van der Waals surface area contributed by atoms with Crippen LogP contribution in [0.1, 0.15) is 10.4 Å². The second kappa shape index (κ2) is 5.34. The van der Waals surface area contributed by atoms with Crippen molar-refractivity contribution in [2.24, 2.45) is 0 Å². The smallest absolute Gasteiger partial charge is 0.181 e. The summed E-state index contributed by atoms with van der Waals surface area (Å²) in [7, 11) is 0. The molecule has 0 saturated heterocycles. The van der Waals surface area contributed by atoms with Crippen LogP contribution in [0, 0.1) is 29.6 Å². The van der Waals surface area contributed by atoms with Gasteiger partial charge in [0.05, 0.1) is 10.6 Å². The Balaban J connectivity index is 2.54. The van der Waals surface area contributed by atoms with Crippen LogP contribution in [0.2, 0.25) is 0 Å². The molecule has 2 rings (SSSR count). The van der Waals surface area contributed by atoms with E-state index in [1.807, 2.05) is 43.3 Å². The molecule has 4 nitrogen and oxygen atoms in total. The number of nitrogens with zero attached hydrogens (tertiary/aromatic N) is 3. The van der Waals surface area contributed by atoms with Crippen molar-refractivity contribution in [1.82, 2.24) is 4.98 Å². The molecule has 0 amide bonds. The van der Waals surface area contributed by atoms with Crippen LogP contribution in [0.4, 0.5) is 5.13 Å². The molecule has 5 heteroatoms. The maximum Gasteiger partial charge on any atom is 0.181 e. The number of aromatic nitrogens is 1. The number of nitrogens with two attached hydrogens (primary N) is 1. The highest BCUT2D eigenvalue weighted by Gasteiger charge is 2.10. The van der Waals surface area contributed by atoms with Crippen molar-refractivity contribution < 1.29 is 0 Å². The average molecular weight is 266 g/mol. The van der Waals surface area contributed by atoms with Crippen LogP contribution in [-0.4, -0.2) is 4.98 Å². The summed E-state index contributed by atoms with van der Waals surface area (Å²) in [4.78, 5) is 4.99. The molecule has 0 saturated carbocycles. The van der Waals surface area contributed by atoms with Gasteiger partial charge in [-0.3, -0.25) is 0 Å². The molecule has 0 unspecified atom stereocenters. The van der Waals surface area contributed by atoms with Crippen LogP contribution in [0.25, 0.3) is 17.3 Å². The quantitative estimate of drug-likeness (QED) is 0.846. The number of allylic oxidation sites excluding steroid dienone is 1. The Hall–Kier alpha value is -2.63. The number of hydrogen-bond donors (Lipinski definition) is 1. The lowest BCUT2D eigenvalue weighted by Crippen LogP contribution is -1.84. The van der Waals surface area contributed by atoms with Gasteiger partial charge in [0.25, 0.3) is 0 Å². The van der Waals surface area contributed by atoms with Crippen molar-refractivity contribution in [1.29, 1.82) is 10.5 Å². The van der Waals surface area contributed by atoms with Gasteiger partial charge in [0.2, 0.25) is 0 Å². The van der Waals surface area contributed by atoms with E-state index in [0.29, 0.717) is 10.8 Å². The van der Waals surface area contributed by atoms with Gasteiger partial charge in [0.15, 0.2) is 5.13 Å². The minimum atomic E-state index is 0.0389. The molecule has 0 fully saturated rings. The summed E-state index contributed by atoms with van der Waals surface area (Å²) in [5, 5.41) is 18.0. The van der Waals surface area contributed by atoms with Crippen LogP contribution in [0.3, 0.4) is 0 Å². The van der Waals surface area contributed by atoms with Gasteiger partial charge < -0.3 is 5.73 Å². The van der Waals surface area contributed by atoms with Crippen LogP contribution in [0.5, 0.6) is 0 Å². The zero-order chi connectivity index (χ0) is 13.8. The molecule has 1 aromatic carbocycles. The maximum absolute atomic E-state index is 8.80. The molecule has 0 bridgehead atoms. The van der Waals surface area contributed by atoms with E-state index in [0.717, 1.165) is 16.0 Å². The van der Waals surface area contributed by atoms with E-state index >= 15 is 0 Å². The lowest BCUT2D eigenvalue weighted by Gasteiger charge is -1.99.